The van der Waals surface area contributed by atoms with Crippen LogP contribution >= 0.6 is 0 Å². The summed E-state index contributed by atoms with van der Waals surface area (Å²) in [6.45, 7) is 3.55. The van der Waals surface area contributed by atoms with Crippen LogP contribution in [0.3, 0.4) is 0 Å². The molecule has 1 fully saturated rings. The van der Waals surface area contributed by atoms with Gasteiger partial charge in [0, 0.05) is 31.4 Å². The molecule has 15 heavy (non-hydrogen) atoms. The molecule has 1 saturated carbocycles. The Labute approximate surface area is 90.3 Å². The predicted molar refractivity (Wildman–Crippen MR) is 58.4 cm³/mol. The van der Waals surface area contributed by atoms with Crippen molar-refractivity contribution in [1.82, 2.24) is 15.1 Å². The lowest BCUT2D eigenvalue weighted by Gasteiger charge is -2.10. The molecule has 1 aliphatic rings. The molecule has 0 spiro atoms. The predicted octanol–water partition coefficient (Wildman–Crippen LogP) is 0.589. The summed E-state index contributed by atoms with van der Waals surface area (Å²) < 4.78 is 1.87. The lowest BCUT2D eigenvalue weighted by molar-refractivity contribution is 0.148. The van der Waals surface area contributed by atoms with Crippen molar-refractivity contribution >= 4 is 0 Å². The summed E-state index contributed by atoms with van der Waals surface area (Å²) in [5.41, 5.74) is 2.39. The van der Waals surface area contributed by atoms with Crippen molar-refractivity contribution in [2.45, 2.75) is 32.4 Å². The molecule has 0 amide bonds. The number of hydrogen-bond donors (Lipinski definition) is 2. The maximum atomic E-state index is 9.66. The first-order valence-electron chi connectivity index (χ1n) is 5.54. The molecule has 0 bridgehead atoms. The minimum absolute atomic E-state index is 0.165. The standard InChI is InChI=1S/C11H19N3O/c1-8-10(6-13-14(8)2)5-12-7-11(15)9-3-4-9/h6,9,11-12,15H,3-5,7H2,1-2H3. The molecule has 4 heteroatoms. The average molecular weight is 209 g/mol. The summed E-state index contributed by atoms with van der Waals surface area (Å²) in [7, 11) is 1.94. The Balaban J connectivity index is 1.75. The minimum atomic E-state index is -0.165. The van der Waals surface area contributed by atoms with E-state index in [0.29, 0.717) is 12.5 Å². The molecule has 0 aromatic carbocycles. The molecule has 1 aliphatic carbocycles. The summed E-state index contributed by atoms with van der Waals surface area (Å²) in [6.07, 6.45) is 4.09. The van der Waals surface area contributed by atoms with Crippen LogP contribution < -0.4 is 5.32 Å². The molecule has 0 aliphatic heterocycles. The molecule has 2 N–H and O–H groups in total. The van der Waals surface area contributed by atoms with E-state index in [2.05, 4.69) is 17.3 Å². The largest absolute Gasteiger partial charge is 0.392 e. The van der Waals surface area contributed by atoms with Crippen LogP contribution in [0, 0.1) is 12.8 Å². The molecule has 1 atom stereocenters. The third-order valence-corrected chi connectivity index (χ3v) is 3.17. The second-order valence-electron chi connectivity index (χ2n) is 4.41. The third kappa shape index (κ3) is 2.58. The van der Waals surface area contributed by atoms with Gasteiger partial charge in [0.2, 0.25) is 0 Å². The number of hydrogen-bond acceptors (Lipinski definition) is 3. The van der Waals surface area contributed by atoms with Crippen molar-refractivity contribution in [3.63, 3.8) is 0 Å². The van der Waals surface area contributed by atoms with Gasteiger partial charge in [-0.15, -0.1) is 0 Å². The Bertz CT molecular complexity index is 331. The van der Waals surface area contributed by atoms with Gasteiger partial charge in [-0.05, 0) is 25.7 Å². The second kappa shape index (κ2) is 4.33. The van der Waals surface area contributed by atoms with E-state index in [1.165, 1.54) is 24.1 Å². The zero-order chi connectivity index (χ0) is 10.8. The number of nitrogens with zero attached hydrogens (tertiary/aromatic N) is 2. The number of aliphatic hydroxyl groups excluding tert-OH is 1. The normalized spacial score (nSPS) is 18.1. The van der Waals surface area contributed by atoms with Crippen molar-refractivity contribution < 1.29 is 5.11 Å². The summed E-state index contributed by atoms with van der Waals surface area (Å²) >= 11 is 0. The molecule has 84 valence electrons. The summed E-state index contributed by atoms with van der Waals surface area (Å²) in [5.74, 6) is 0.549. The average Bonchev–Trinajstić information content (AvgIpc) is 3.00. The fourth-order valence-electron chi connectivity index (χ4n) is 1.72. The molecule has 1 unspecified atom stereocenters. The van der Waals surface area contributed by atoms with Gasteiger partial charge in [-0.3, -0.25) is 4.68 Å². The van der Waals surface area contributed by atoms with Gasteiger partial charge >= 0.3 is 0 Å². The summed E-state index contributed by atoms with van der Waals surface area (Å²) in [5, 5.41) is 17.1. The van der Waals surface area contributed by atoms with Crippen molar-refractivity contribution in [3.05, 3.63) is 17.5 Å². The zero-order valence-corrected chi connectivity index (χ0v) is 9.40. The number of aliphatic hydroxyl groups is 1. The van der Waals surface area contributed by atoms with Crippen LogP contribution in [0.5, 0.6) is 0 Å². The van der Waals surface area contributed by atoms with E-state index in [-0.39, 0.29) is 6.10 Å². The first-order valence-corrected chi connectivity index (χ1v) is 5.54. The second-order valence-corrected chi connectivity index (χ2v) is 4.41. The van der Waals surface area contributed by atoms with Crippen LogP contribution in [0.15, 0.2) is 6.20 Å². The molecule has 4 nitrogen and oxygen atoms in total. The molecule has 1 aromatic rings. The molecule has 0 radical (unpaired) electrons. The highest BCUT2D eigenvalue weighted by atomic mass is 16.3. The fourth-order valence-corrected chi connectivity index (χ4v) is 1.72. The van der Waals surface area contributed by atoms with Gasteiger partial charge in [0.25, 0.3) is 0 Å². The van der Waals surface area contributed by atoms with E-state index in [4.69, 9.17) is 0 Å². The van der Waals surface area contributed by atoms with Crippen molar-refractivity contribution in [2.24, 2.45) is 13.0 Å². The number of nitrogens with one attached hydrogen (secondary N) is 1. The maximum absolute atomic E-state index is 9.66. The van der Waals surface area contributed by atoms with Gasteiger partial charge in [-0.25, -0.2) is 0 Å². The molecule has 1 aromatic heterocycles. The van der Waals surface area contributed by atoms with Crippen LogP contribution in [0.2, 0.25) is 0 Å². The summed E-state index contributed by atoms with van der Waals surface area (Å²) in [6, 6.07) is 0. The van der Waals surface area contributed by atoms with E-state index < -0.39 is 0 Å². The van der Waals surface area contributed by atoms with Gasteiger partial charge in [-0.2, -0.15) is 5.10 Å². The Morgan fingerprint density at radius 2 is 2.40 bits per heavy atom. The number of aryl methyl sites for hydroxylation is 1. The lowest BCUT2D eigenvalue weighted by Crippen LogP contribution is -2.27. The Kier molecular flexibility index (Phi) is 3.07. The van der Waals surface area contributed by atoms with Crippen LogP contribution in [-0.4, -0.2) is 27.5 Å². The number of aromatic nitrogens is 2. The smallest absolute Gasteiger partial charge is 0.0692 e. The topological polar surface area (TPSA) is 50.1 Å². The summed E-state index contributed by atoms with van der Waals surface area (Å²) in [4.78, 5) is 0. The highest BCUT2D eigenvalue weighted by molar-refractivity contribution is 5.15. The van der Waals surface area contributed by atoms with Crippen LogP contribution in [0.25, 0.3) is 0 Å². The first kappa shape index (κ1) is 10.6. The van der Waals surface area contributed by atoms with Crippen molar-refractivity contribution in [3.8, 4) is 0 Å². The van der Waals surface area contributed by atoms with Crippen molar-refractivity contribution in [1.29, 1.82) is 0 Å². The van der Waals surface area contributed by atoms with E-state index in [1.807, 2.05) is 17.9 Å². The van der Waals surface area contributed by atoms with Crippen LogP contribution in [0.4, 0.5) is 0 Å². The molecule has 2 rings (SSSR count). The van der Waals surface area contributed by atoms with E-state index in [1.54, 1.807) is 0 Å². The molecular formula is C11H19N3O. The minimum Gasteiger partial charge on any atom is -0.392 e. The number of rotatable bonds is 5. The van der Waals surface area contributed by atoms with Crippen LogP contribution in [0.1, 0.15) is 24.1 Å². The fraction of sp³-hybridized carbons (Fsp3) is 0.727. The quantitative estimate of drug-likeness (QED) is 0.746. The van der Waals surface area contributed by atoms with E-state index >= 15 is 0 Å². The third-order valence-electron chi connectivity index (χ3n) is 3.17. The van der Waals surface area contributed by atoms with Crippen LogP contribution in [-0.2, 0) is 13.6 Å². The van der Waals surface area contributed by atoms with Gasteiger partial charge in [0.1, 0.15) is 0 Å². The van der Waals surface area contributed by atoms with Crippen molar-refractivity contribution in [2.75, 3.05) is 6.54 Å². The van der Waals surface area contributed by atoms with E-state index in [9.17, 15) is 5.11 Å². The van der Waals surface area contributed by atoms with Gasteiger partial charge in [0.15, 0.2) is 0 Å². The van der Waals surface area contributed by atoms with Gasteiger partial charge in [-0.1, -0.05) is 0 Å². The Morgan fingerprint density at radius 1 is 1.67 bits per heavy atom. The Hall–Kier alpha value is -0.870. The zero-order valence-electron chi connectivity index (χ0n) is 9.40. The Morgan fingerprint density at radius 3 is 2.93 bits per heavy atom. The highest BCUT2D eigenvalue weighted by Gasteiger charge is 2.29. The highest BCUT2D eigenvalue weighted by Crippen LogP contribution is 2.32. The molecule has 0 saturated heterocycles. The van der Waals surface area contributed by atoms with E-state index in [0.717, 1.165) is 6.54 Å². The maximum Gasteiger partial charge on any atom is 0.0692 e. The molecule has 1 heterocycles. The SMILES string of the molecule is Cc1c(CNCC(O)C2CC2)cnn1C. The lowest BCUT2D eigenvalue weighted by atomic mass is 10.2. The first-order chi connectivity index (χ1) is 7.18. The molecular weight excluding hydrogens is 190 g/mol. The van der Waals surface area contributed by atoms with Gasteiger partial charge in [0.05, 0.1) is 12.3 Å². The van der Waals surface area contributed by atoms with Gasteiger partial charge < -0.3 is 10.4 Å². The monoisotopic (exact) mass is 209 g/mol.